The van der Waals surface area contributed by atoms with Crippen molar-refractivity contribution in [2.24, 2.45) is 0 Å². The second-order valence-corrected chi connectivity index (χ2v) is 6.69. The van der Waals surface area contributed by atoms with Gasteiger partial charge < -0.3 is 10.2 Å². The van der Waals surface area contributed by atoms with E-state index in [2.05, 4.69) is 18.9 Å². The summed E-state index contributed by atoms with van der Waals surface area (Å²) < 4.78 is 0. The molecule has 2 atom stereocenters. The zero-order chi connectivity index (χ0) is 16.1. The van der Waals surface area contributed by atoms with Crippen LogP contribution < -0.4 is 0 Å². The number of aryl methyl sites for hydroxylation is 1. The first kappa shape index (κ1) is 15.1. The maximum absolute atomic E-state index is 12.2. The first-order valence-corrected chi connectivity index (χ1v) is 7.81. The summed E-state index contributed by atoms with van der Waals surface area (Å²) >= 11 is 0. The number of phenolic OH excluding ortho intramolecular Hbond substituents is 2. The van der Waals surface area contributed by atoms with Crippen molar-refractivity contribution in [2.75, 3.05) is 13.6 Å². The Bertz CT molecular complexity index is 665. The largest absolute Gasteiger partial charge is 0.504 e. The van der Waals surface area contributed by atoms with Gasteiger partial charge in [-0.1, -0.05) is 12.1 Å². The fourth-order valence-electron chi connectivity index (χ4n) is 4.17. The van der Waals surface area contributed by atoms with Gasteiger partial charge in [0.25, 0.3) is 0 Å². The molecule has 4 heteroatoms. The summed E-state index contributed by atoms with van der Waals surface area (Å²) in [6.45, 7) is 4.94. The molecule has 2 N–H and O–H groups in total. The maximum Gasteiger partial charge on any atom is 0.161 e. The number of allylic oxidation sites excluding steroid dienone is 1. The highest BCUT2D eigenvalue weighted by molar-refractivity contribution is 5.85. The standard InChI is InChI=1S/C18H23NO3/c1-11-4-7-15(21)17(22)16(11)18-8-9-19(3)12(2)14(18)6-5-13(20)10-18/h4,6-7,12,21-22H,5,8-10H2,1-3H3/t12-,18+/m1/s1. The van der Waals surface area contributed by atoms with Crippen molar-refractivity contribution in [2.45, 2.75) is 44.6 Å². The molecular formula is C18H23NO3. The minimum absolute atomic E-state index is 0.0719. The number of fused-ring (bicyclic) bond motifs is 1. The molecule has 1 aromatic rings. The number of likely N-dealkylation sites (tertiary alicyclic amines) is 1. The van der Waals surface area contributed by atoms with E-state index >= 15 is 0 Å². The van der Waals surface area contributed by atoms with Crippen LogP contribution in [0, 0.1) is 6.92 Å². The normalized spacial score (nSPS) is 29.1. The molecule has 1 aliphatic carbocycles. The molecule has 22 heavy (non-hydrogen) atoms. The van der Waals surface area contributed by atoms with Gasteiger partial charge in [0.2, 0.25) is 0 Å². The number of ketones is 1. The Hall–Kier alpha value is -1.81. The third kappa shape index (κ3) is 2.05. The highest BCUT2D eigenvalue weighted by Gasteiger charge is 2.48. The third-order valence-corrected chi connectivity index (χ3v) is 5.45. The number of benzene rings is 1. The van der Waals surface area contributed by atoms with Gasteiger partial charge in [-0.05, 0) is 51.1 Å². The van der Waals surface area contributed by atoms with Crippen LogP contribution in [0.1, 0.15) is 37.3 Å². The molecule has 3 rings (SSSR count). The zero-order valence-electron chi connectivity index (χ0n) is 13.4. The topological polar surface area (TPSA) is 60.8 Å². The van der Waals surface area contributed by atoms with Gasteiger partial charge in [-0.25, -0.2) is 0 Å². The Balaban J connectivity index is 2.25. The van der Waals surface area contributed by atoms with Gasteiger partial charge in [-0.3, -0.25) is 9.69 Å². The van der Waals surface area contributed by atoms with Gasteiger partial charge in [0.1, 0.15) is 5.78 Å². The minimum atomic E-state index is -0.478. The summed E-state index contributed by atoms with van der Waals surface area (Å²) in [6.07, 6.45) is 3.70. The number of nitrogens with zero attached hydrogens (tertiary/aromatic N) is 1. The molecule has 0 aromatic heterocycles. The molecular weight excluding hydrogens is 278 g/mol. The van der Waals surface area contributed by atoms with E-state index in [0.29, 0.717) is 12.8 Å². The Morgan fingerprint density at radius 2 is 2.05 bits per heavy atom. The second-order valence-electron chi connectivity index (χ2n) is 6.69. The molecule has 1 saturated heterocycles. The highest BCUT2D eigenvalue weighted by Crippen LogP contribution is 2.52. The predicted octanol–water partition coefficient (Wildman–Crippen LogP) is 2.66. The van der Waals surface area contributed by atoms with E-state index in [-0.39, 0.29) is 23.3 Å². The number of rotatable bonds is 1. The minimum Gasteiger partial charge on any atom is -0.504 e. The van der Waals surface area contributed by atoms with Crippen LogP contribution in [-0.2, 0) is 10.2 Å². The fraction of sp³-hybridized carbons (Fsp3) is 0.500. The van der Waals surface area contributed by atoms with Crippen molar-refractivity contribution in [3.05, 3.63) is 34.9 Å². The van der Waals surface area contributed by atoms with Gasteiger partial charge in [0.05, 0.1) is 0 Å². The lowest BCUT2D eigenvalue weighted by Crippen LogP contribution is -2.50. The quantitative estimate of drug-likeness (QED) is 0.618. The molecule has 2 aliphatic rings. The van der Waals surface area contributed by atoms with Crippen LogP contribution in [0.25, 0.3) is 0 Å². The summed E-state index contributed by atoms with van der Waals surface area (Å²) in [5.41, 5.74) is 2.37. The van der Waals surface area contributed by atoms with Gasteiger partial charge in [-0.2, -0.15) is 0 Å². The van der Waals surface area contributed by atoms with Crippen LogP contribution in [0.3, 0.4) is 0 Å². The van der Waals surface area contributed by atoms with E-state index in [1.54, 1.807) is 0 Å². The molecule has 0 bridgehead atoms. The average molecular weight is 301 g/mol. The van der Waals surface area contributed by atoms with Crippen molar-refractivity contribution in [3.63, 3.8) is 0 Å². The van der Waals surface area contributed by atoms with Gasteiger partial charge in [-0.15, -0.1) is 0 Å². The lowest BCUT2D eigenvalue weighted by atomic mass is 9.60. The lowest BCUT2D eigenvalue weighted by molar-refractivity contribution is -0.120. The van der Waals surface area contributed by atoms with Crippen LogP contribution in [0.15, 0.2) is 23.8 Å². The molecule has 0 unspecified atom stereocenters. The fourth-order valence-corrected chi connectivity index (χ4v) is 4.17. The molecule has 0 radical (unpaired) electrons. The van der Waals surface area contributed by atoms with Crippen LogP contribution in [-0.4, -0.2) is 40.5 Å². The number of carbonyl (C=O) groups excluding carboxylic acids is 1. The van der Waals surface area contributed by atoms with E-state index < -0.39 is 5.41 Å². The van der Waals surface area contributed by atoms with Gasteiger partial charge in [0, 0.05) is 29.9 Å². The maximum atomic E-state index is 12.2. The third-order valence-electron chi connectivity index (χ3n) is 5.45. The first-order chi connectivity index (χ1) is 10.4. The van der Waals surface area contributed by atoms with Crippen molar-refractivity contribution in [1.82, 2.24) is 4.90 Å². The summed E-state index contributed by atoms with van der Waals surface area (Å²) in [4.78, 5) is 14.5. The molecule has 0 saturated carbocycles. The zero-order valence-corrected chi connectivity index (χ0v) is 13.4. The highest BCUT2D eigenvalue weighted by atomic mass is 16.3. The van der Waals surface area contributed by atoms with Crippen molar-refractivity contribution in [1.29, 1.82) is 0 Å². The van der Waals surface area contributed by atoms with E-state index in [4.69, 9.17) is 0 Å². The molecule has 118 valence electrons. The van der Waals surface area contributed by atoms with Gasteiger partial charge in [0.15, 0.2) is 11.5 Å². The number of hydrogen-bond donors (Lipinski definition) is 2. The Morgan fingerprint density at radius 3 is 2.77 bits per heavy atom. The molecule has 0 amide bonds. The van der Waals surface area contributed by atoms with E-state index in [1.165, 1.54) is 11.6 Å². The summed E-state index contributed by atoms with van der Waals surface area (Å²) in [6, 6.07) is 3.55. The monoisotopic (exact) mass is 301 g/mol. The molecule has 1 aromatic carbocycles. The number of aromatic hydroxyl groups is 2. The number of piperidine rings is 1. The van der Waals surface area contributed by atoms with Crippen LogP contribution in [0.5, 0.6) is 11.5 Å². The van der Waals surface area contributed by atoms with E-state index in [0.717, 1.165) is 24.1 Å². The SMILES string of the molecule is Cc1ccc(O)c(O)c1[C@]12CCN(C)[C@H](C)C1=CCC(=O)C2. The van der Waals surface area contributed by atoms with Crippen LogP contribution in [0.2, 0.25) is 0 Å². The van der Waals surface area contributed by atoms with Gasteiger partial charge >= 0.3 is 0 Å². The Kier molecular flexibility index (Phi) is 3.52. The van der Waals surface area contributed by atoms with Crippen molar-refractivity contribution < 1.29 is 15.0 Å². The number of phenols is 2. The number of carbonyl (C=O) groups is 1. The molecule has 4 nitrogen and oxygen atoms in total. The van der Waals surface area contributed by atoms with E-state index in [1.807, 2.05) is 19.1 Å². The Labute approximate surface area is 131 Å². The first-order valence-electron chi connectivity index (χ1n) is 7.81. The van der Waals surface area contributed by atoms with Crippen molar-refractivity contribution in [3.8, 4) is 11.5 Å². The molecule has 0 spiro atoms. The predicted molar refractivity (Wildman–Crippen MR) is 85.2 cm³/mol. The van der Waals surface area contributed by atoms with Crippen LogP contribution >= 0.6 is 0 Å². The lowest BCUT2D eigenvalue weighted by Gasteiger charge is -2.49. The second kappa shape index (κ2) is 5.13. The summed E-state index contributed by atoms with van der Waals surface area (Å²) in [5, 5.41) is 20.5. The van der Waals surface area contributed by atoms with E-state index in [9.17, 15) is 15.0 Å². The number of likely N-dealkylation sites (N-methyl/N-ethyl adjacent to an activating group) is 1. The summed E-state index contributed by atoms with van der Waals surface area (Å²) in [7, 11) is 2.08. The van der Waals surface area contributed by atoms with Crippen LogP contribution in [0.4, 0.5) is 0 Å². The summed E-state index contributed by atoms with van der Waals surface area (Å²) in [5.74, 6) is 0.0129. The smallest absolute Gasteiger partial charge is 0.161 e. The Morgan fingerprint density at radius 1 is 1.32 bits per heavy atom. The molecule has 1 heterocycles. The van der Waals surface area contributed by atoms with Crippen molar-refractivity contribution >= 4 is 5.78 Å². The number of Topliss-reactive ketones (excluding diaryl/α,β-unsaturated/α-hetero) is 1. The molecule has 1 fully saturated rings. The number of hydrogen-bond acceptors (Lipinski definition) is 4. The average Bonchev–Trinajstić information content (AvgIpc) is 2.47. The molecule has 1 aliphatic heterocycles.